The topological polar surface area (TPSA) is 107 Å². The molecule has 8 nitrogen and oxygen atoms in total. The summed E-state index contributed by atoms with van der Waals surface area (Å²) in [6.45, 7) is 7.58. The van der Waals surface area contributed by atoms with Crippen molar-refractivity contribution in [3.63, 3.8) is 0 Å². The van der Waals surface area contributed by atoms with Crippen molar-refractivity contribution in [2.24, 2.45) is 5.92 Å². The molecule has 1 atom stereocenters. The van der Waals surface area contributed by atoms with Crippen molar-refractivity contribution in [3.8, 4) is 10.4 Å². The fourth-order valence-corrected chi connectivity index (χ4v) is 6.65. The number of carbonyl (C=O) groups excluding carboxylic acids is 2. The second-order valence-corrected chi connectivity index (χ2v) is 12.2. The van der Waals surface area contributed by atoms with Gasteiger partial charge in [0.15, 0.2) is 5.01 Å². The molecule has 0 aromatic carbocycles. The first-order valence-corrected chi connectivity index (χ1v) is 14.0. The Morgan fingerprint density at radius 2 is 1.86 bits per heavy atom. The summed E-state index contributed by atoms with van der Waals surface area (Å²) < 4.78 is 0. The molecule has 1 saturated carbocycles. The number of rotatable bonds is 9. The Bertz CT molecular complexity index is 1130. The molecule has 0 spiro atoms. The summed E-state index contributed by atoms with van der Waals surface area (Å²) in [5, 5.41) is 16.6. The lowest BCUT2D eigenvalue weighted by Crippen LogP contribution is -2.38. The SMILES string of the molecule is CC[C@@H](Nc1cc(C)c(-c2sc(C(=O)NCC(C)(C)O)nc2C(=O)N2C3CCC2CC3)cn1)C1CC1. The largest absolute Gasteiger partial charge is 0.389 e. The molecule has 2 bridgehead atoms. The van der Waals surface area contributed by atoms with Gasteiger partial charge in [0.2, 0.25) is 0 Å². The van der Waals surface area contributed by atoms with E-state index in [-0.39, 0.29) is 35.5 Å². The fourth-order valence-electron chi connectivity index (χ4n) is 5.60. The third-order valence-corrected chi connectivity index (χ3v) is 8.80. The maximum atomic E-state index is 13.8. The van der Waals surface area contributed by atoms with Gasteiger partial charge in [-0.1, -0.05) is 6.92 Å². The fraction of sp³-hybridized carbons (Fsp3) is 0.630. The van der Waals surface area contributed by atoms with Gasteiger partial charge in [-0.3, -0.25) is 9.59 Å². The van der Waals surface area contributed by atoms with Crippen molar-refractivity contribution >= 4 is 29.0 Å². The smallest absolute Gasteiger partial charge is 0.280 e. The van der Waals surface area contributed by atoms with Gasteiger partial charge in [-0.2, -0.15) is 0 Å². The lowest BCUT2D eigenvalue weighted by molar-refractivity contribution is 0.0692. The number of hydrogen-bond donors (Lipinski definition) is 3. The van der Waals surface area contributed by atoms with Gasteiger partial charge in [0.1, 0.15) is 11.5 Å². The molecule has 9 heteroatoms. The first kappa shape index (κ1) is 25.1. The van der Waals surface area contributed by atoms with Crippen LogP contribution < -0.4 is 10.6 Å². The third kappa shape index (κ3) is 5.13. The van der Waals surface area contributed by atoms with Crippen LogP contribution in [0.25, 0.3) is 10.4 Å². The van der Waals surface area contributed by atoms with E-state index in [0.717, 1.165) is 55.0 Å². The van der Waals surface area contributed by atoms with Crippen LogP contribution in [0.15, 0.2) is 12.3 Å². The second-order valence-electron chi connectivity index (χ2n) is 11.2. The zero-order valence-electron chi connectivity index (χ0n) is 21.6. The number of aliphatic hydroxyl groups is 1. The van der Waals surface area contributed by atoms with E-state index in [2.05, 4.69) is 27.5 Å². The van der Waals surface area contributed by atoms with Crippen LogP contribution in [0.1, 0.15) is 91.6 Å². The van der Waals surface area contributed by atoms with E-state index in [1.165, 1.54) is 24.2 Å². The molecule has 0 radical (unpaired) electrons. The summed E-state index contributed by atoms with van der Waals surface area (Å²) in [5.74, 6) is 1.09. The number of anilines is 1. The van der Waals surface area contributed by atoms with Crippen LogP contribution in [0, 0.1) is 12.8 Å². The van der Waals surface area contributed by atoms with Gasteiger partial charge < -0.3 is 20.6 Å². The zero-order valence-corrected chi connectivity index (χ0v) is 22.5. The van der Waals surface area contributed by atoms with Crippen molar-refractivity contribution in [2.45, 2.75) is 96.4 Å². The van der Waals surface area contributed by atoms with Gasteiger partial charge in [-0.05, 0) is 83.3 Å². The van der Waals surface area contributed by atoms with Crippen molar-refractivity contribution < 1.29 is 14.7 Å². The second kappa shape index (κ2) is 9.74. The van der Waals surface area contributed by atoms with E-state index in [9.17, 15) is 14.7 Å². The van der Waals surface area contributed by atoms with Crippen LogP contribution in [0.4, 0.5) is 5.82 Å². The van der Waals surface area contributed by atoms with Gasteiger partial charge >= 0.3 is 0 Å². The zero-order chi connectivity index (χ0) is 25.6. The van der Waals surface area contributed by atoms with Gasteiger partial charge in [-0.15, -0.1) is 11.3 Å². The maximum Gasteiger partial charge on any atom is 0.280 e. The number of nitrogens with zero attached hydrogens (tertiary/aromatic N) is 3. The Morgan fingerprint density at radius 3 is 2.42 bits per heavy atom. The molecule has 2 amide bonds. The van der Waals surface area contributed by atoms with E-state index < -0.39 is 5.60 Å². The molecule has 2 aromatic rings. The van der Waals surface area contributed by atoms with Crippen molar-refractivity contribution in [2.75, 3.05) is 11.9 Å². The molecule has 5 rings (SSSR count). The Labute approximate surface area is 216 Å². The van der Waals surface area contributed by atoms with E-state index in [0.29, 0.717) is 16.6 Å². The van der Waals surface area contributed by atoms with Crippen molar-refractivity contribution in [1.29, 1.82) is 0 Å². The summed E-state index contributed by atoms with van der Waals surface area (Å²) in [4.78, 5) is 38.6. The molecule has 3 aliphatic rings. The standard InChI is InChI=1S/C27H37N5O3S/c1-5-20(16-6-7-16)30-21-12-15(2)19(13-28-21)23-22(26(34)32-17-8-9-18(32)11-10-17)31-25(36-23)24(33)29-14-27(3,4)35/h12-13,16-18,20,35H,5-11,14H2,1-4H3,(H,28,30)(H,29,33)/t17?,18?,20-/m1/s1. The third-order valence-electron chi connectivity index (χ3n) is 7.71. The molecule has 3 fully saturated rings. The highest BCUT2D eigenvalue weighted by atomic mass is 32.1. The molecule has 2 aromatic heterocycles. The monoisotopic (exact) mass is 511 g/mol. The summed E-state index contributed by atoms with van der Waals surface area (Å²) in [6, 6.07) is 2.99. The number of pyridine rings is 1. The van der Waals surface area contributed by atoms with Crippen LogP contribution in [-0.2, 0) is 0 Å². The Balaban J connectivity index is 1.46. The number of aromatic nitrogens is 2. The number of carbonyl (C=O) groups is 2. The summed E-state index contributed by atoms with van der Waals surface area (Å²) in [6.07, 6.45) is 9.55. The molecular formula is C27H37N5O3S. The van der Waals surface area contributed by atoms with Crippen molar-refractivity contribution in [3.05, 3.63) is 28.5 Å². The molecular weight excluding hydrogens is 474 g/mol. The molecule has 3 N–H and O–H groups in total. The Morgan fingerprint density at radius 1 is 1.19 bits per heavy atom. The molecule has 2 aliphatic heterocycles. The van der Waals surface area contributed by atoms with Gasteiger partial charge in [0.25, 0.3) is 11.8 Å². The highest BCUT2D eigenvalue weighted by Gasteiger charge is 2.44. The first-order chi connectivity index (χ1) is 17.1. The van der Waals surface area contributed by atoms with Gasteiger partial charge in [0, 0.05) is 36.4 Å². The number of hydrogen-bond acceptors (Lipinski definition) is 7. The summed E-state index contributed by atoms with van der Waals surface area (Å²) >= 11 is 1.22. The maximum absolute atomic E-state index is 13.8. The predicted octanol–water partition coefficient (Wildman–Crippen LogP) is 4.38. The number of nitrogens with one attached hydrogen (secondary N) is 2. The first-order valence-electron chi connectivity index (χ1n) is 13.2. The van der Waals surface area contributed by atoms with Crippen LogP contribution in [-0.4, -0.2) is 62.1 Å². The van der Waals surface area contributed by atoms with Crippen LogP contribution >= 0.6 is 11.3 Å². The van der Waals surface area contributed by atoms with Crippen LogP contribution in [0.2, 0.25) is 0 Å². The lowest BCUT2D eigenvalue weighted by atomic mass is 10.0. The highest BCUT2D eigenvalue weighted by Crippen LogP contribution is 2.41. The van der Waals surface area contributed by atoms with E-state index >= 15 is 0 Å². The molecule has 1 aliphatic carbocycles. The minimum atomic E-state index is -1.04. The minimum absolute atomic E-state index is 0.0887. The molecule has 194 valence electrons. The summed E-state index contributed by atoms with van der Waals surface area (Å²) in [7, 11) is 0. The predicted molar refractivity (Wildman–Crippen MR) is 141 cm³/mol. The normalized spacial score (nSPS) is 22.1. The van der Waals surface area contributed by atoms with Crippen LogP contribution in [0.3, 0.4) is 0 Å². The molecule has 0 unspecified atom stereocenters. The Hall–Kier alpha value is -2.52. The number of aryl methyl sites for hydroxylation is 1. The lowest BCUT2D eigenvalue weighted by Gasteiger charge is -2.22. The van der Waals surface area contributed by atoms with E-state index in [1.807, 2.05) is 17.9 Å². The molecule has 2 saturated heterocycles. The number of amides is 2. The van der Waals surface area contributed by atoms with Gasteiger partial charge in [0.05, 0.1) is 10.5 Å². The Kier molecular flexibility index (Phi) is 6.80. The number of fused-ring (bicyclic) bond motifs is 2. The average molecular weight is 512 g/mol. The minimum Gasteiger partial charge on any atom is -0.389 e. The van der Waals surface area contributed by atoms with E-state index in [1.54, 1.807) is 20.0 Å². The summed E-state index contributed by atoms with van der Waals surface area (Å²) in [5.41, 5.74) is 1.11. The number of thiazole rings is 1. The van der Waals surface area contributed by atoms with Gasteiger partial charge in [-0.25, -0.2) is 9.97 Å². The van der Waals surface area contributed by atoms with Crippen LogP contribution in [0.5, 0.6) is 0 Å². The van der Waals surface area contributed by atoms with Crippen molar-refractivity contribution in [1.82, 2.24) is 20.2 Å². The van der Waals surface area contributed by atoms with E-state index in [4.69, 9.17) is 0 Å². The molecule has 4 heterocycles. The average Bonchev–Trinajstić information content (AvgIpc) is 3.29. The highest BCUT2D eigenvalue weighted by molar-refractivity contribution is 7.17. The molecule has 36 heavy (non-hydrogen) atoms. The quantitative estimate of drug-likeness (QED) is 0.461.